The summed E-state index contributed by atoms with van der Waals surface area (Å²) in [6.45, 7) is 4.03. The predicted octanol–water partition coefficient (Wildman–Crippen LogP) is 3.79. The summed E-state index contributed by atoms with van der Waals surface area (Å²) in [6.07, 6.45) is 1.65. The molecule has 3 aromatic rings. The Kier molecular flexibility index (Phi) is 4.47. The normalized spacial score (nSPS) is 11.3. The third-order valence-electron chi connectivity index (χ3n) is 3.96. The van der Waals surface area contributed by atoms with Crippen molar-refractivity contribution >= 4 is 23.1 Å². The Labute approximate surface area is 144 Å². The van der Waals surface area contributed by atoms with Crippen molar-refractivity contribution in [1.29, 1.82) is 0 Å². The number of aromatic hydroxyl groups is 1. The Morgan fingerprint density at radius 1 is 1.24 bits per heavy atom. The lowest BCUT2D eigenvalue weighted by Gasteiger charge is -2.01. The Bertz CT molecular complexity index is 976. The standard InChI is InChI=1S/C18H18N4O3/c1-11-6-7-13(9-12(11)2)20-21-17-14(10-16(24)25-3)19-18-15(23)5-4-8-22(17)18/h4-9,23H,10H2,1-3H3. The van der Waals surface area contributed by atoms with Gasteiger partial charge in [-0.2, -0.15) is 0 Å². The number of hydrogen-bond acceptors (Lipinski definition) is 6. The number of benzene rings is 1. The van der Waals surface area contributed by atoms with E-state index in [2.05, 4.69) is 15.2 Å². The Morgan fingerprint density at radius 3 is 2.76 bits per heavy atom. The van der Waals surface area contributed by atoms with Crippen molar-refractivity contribution in [3.63, 3.8) is 0 Å². The van der Waals surface area contributed by atoms with Crippen LogP contribution in [0, 0.1) is 13.8 Å². The summed E-state index contributed by atoms with van der Waals surface area (Å²) in [5, 5.41) is 18.5. The zero-order valence-corrected chi connectivity index (χ0v) is 14.2. The average Bonchev–Trinajstić information content (AvgIpc) is 2.94. The monoisotopic (exact) mass is 338 g/mol. The van der Waals surface area contributed by atoms with Crippen LogP contribution in [0.1, 0.15) is 16.8 Å². The molecule has 0 aliphatic rings. The highest BCUT2D eigenvalue weighted by Crippen LogP contribution is 2.29. The van der Waals surface area contributed by atoms with Crippen molar-refractivity contribution in [2.24, 2.45) is 10.2 Å². The molecule has 0 saturated carbocycles. The van der Waals surface area contributed by atoms with Crippen LogP contribution in [0.15, 0.2) is 46.8 Å². The largest absolute Gasteiger partial charge is 0.504 e. The lowest BCUT2D eigenvalue weighted by Crippen LogP contribution is -2.04. The van der Waals surface area contributed by atoms with Crippen molar-refractivity contribution in [1.82, 2.24) is 9.38 Å². The van der Waals surface area contributed by atoms with E-state index in [9.17, 15) is 9.90 Å². The van der Waals surface area contributed by atoms with E-state index < -0.39 is 5.97 Å². The van der Waals surface area contributed by atoms with E-state index in [-0.39, 0.29) is 12.2 Å². The van der Waals surface area contributed by atoms with Crippen LogP contribution in [-0.2, 0) is 16.0 Å². The van der Waals surface area contributed by atoms with Gasteiger partial charge in [-0.25, -0.2) is 4.98 Å². The molecule has 7 heteroatoms. The lowest BCUT2D eigenvalue weighted by molar-refractivity contribution is -0.139. The fourth-order valence-corrected chi connectivity index (χ4v) is 2.41. The summed E-state index contributed by atoms with van der Waals surface area (Å²) in [7, 11) is 1.31. The molecular formula is C18H18N4O3. The number of carbonyl (C=O) groups excluding carboxylic acids is 1. The summed E-state index contributed by atoms with van der Waals surface area (Å²) in [6, 6.07) is 8.96. The minimum Gasteiger partial charge on any atom is -0.504 e. The number of azo groups is 1. The first kappa shape index (κ1) is 16.6. The molecular weight excluding hydrogens is 320 g/mol. The van der Waals surface area contributed by atoms with Crippen LogP contribution >= 0.6 is 0 Å². The topological polar surface area (TPSA) is 88.5 Å². The maximum absolute atomic E-state index is 11.6. The quantitative estimate of drug-likeness (QED) is 0.579. The third-order valence-corrected chi connectivity index (χ3v) is 3.96. The molecule has 0 unspecified atom stereocenters. The Hall–Kier alpha value is -3.22. The van der Waals surface area contributed by atoms with Crippen molar-refractivity contribution in [2.45, 2.75) is 20.3 Å². The highest BCUT2D eigenvalue weighted by atomic mass is 16.5. The first-order valence-corrected chi connectivity index (χ1v) is 7.74. The molecule has 0 spiro atoms. The fraction of sp³-hybridized carbons (Fsp3) is 0.222. The number of fused-ring (bicyclic) bond motifs is 1. The van der Waals surface area contributed by atoms with Gasteiger partial charge in [0.25, 0.3) is 0 Å². The predicted molar refractivity (Wildman–Crippen MR) is 92.7 cm³/mol. The van der Waals surface area contributed by atoms with Crippen molar-refractivity contribution in [3.05, 3.63) is 53.3 Å². The molecule has 0 aliphatic heterocycles. The van der Waals surface area contributed by atoms with Crippen LogP contribution in [0.4, 0.5) is 11.5 Å². The molecule has 7 nitrogen and oxygen atoms in total. The summed E-state index contributed by atoms with van der Waals surface area (Å²) in [4.78, 5) is 15.9. The fourth-order valence-electron chi connectivity index (χ4n) is 2.41. The summed E-state index contributed by atoms with van der Waals surface area (Å²) in [5.74, 6) is -0.0544. The smallest absolute Gasteiger partial charge is 0.311 e. The summed E-state index contributed by atoms with van der Waals surface area (Å²) < 4.78 is 6.30. The number of rotatable bonds is 4. The minimum atomic E-state index is -0.439. The number of esters is 1. The molecule has 0 atom stereocenters. The van der Waals surface area contributed by atoms with Crippen LogP contribution in [0.2, 0.25) is 0 Å². The highest BCUT2D eigenvalue weighted by molar-refractivity contribution is 5.74. The van der Waals surface area contributed by atoms with Crippen molar-refractivity contribution < 1.29 is 14.6 Å². The second kappa shape index (κ2) is 6.72. The van der Waals surface area contributed by atoms with Gasteiger partial charge in [0, 0.05) is 6.20 Å². The van der Waals surface area contributed by atoms with E-state index in [0.29, 0.717) is 22.8 Å². The van der Waals surface area contributed by atoms with E-state index in [1.807, 2.05) is 32.0 Å². The van der Waals surface area contributed by atoms with Crippen LogP contribution in [-0.4, -0.2) is 27.6 Å². The number of aromatic nitrogens is 2. The van der Waals surface area contributed by atoms with Gasteiger partial charge < -0.3 is 9.84 Å². The van der Waals surface area contributed by atoms with Crippen molar-refractivity contribution in [3.8, 4) is 5.75 Å². The first-order chi connectivity index (χ1) is 12.0. The zero-order chi connectivity index (χ0) is 18.0. The maximum Gasteiger partial charge on any atom is 0.311 e. The highest BCUT2D eigenvalue weighted by Gasteiger charge is 2.17. The number of aryl methyl sites for hydroxylation is 2. The summed E-state index contributed by atoms with van der Waals surface area (Å²) >= 11 is 0. The number of imidazole rings is 1. The Morgan fingerprint density at radius 2 is 2.04 bits per heavy atom. The molecule has 25 heavy (non-hydrogen) atoms. The van der Waals surface area contributed by atoms with Gasteiger partial charge in [-0.3, -0.25) is 9.20 Å². The number of methoxy groups -OCH3 is 1. The molecule has 1 N–H and O–H groups in total. The molecule has 2 aromatic heterocycles. The van der Waals surface area contributed by atoms with E-state index in [1.165, 1.54) is 18.7 Å². The number of nitrogens with zero attached hydrogens (tertiary/aromatic N) is 4. The van der Waals surface area contributed by atoms with Gasteiger partial charge in [0.15, 0.2) is 17.2 Å². The molecule has 0 amide bonds. The molecule has 0 fully saturated rings. The van der Waals surface area contributed by atoms with Gasteiger partial charge >= 0.3 is 5.97 Å². The van der Waals surface area contributed by atoms with Gasteiger partial charge in [0.05, 0.1) is 24.9 Å². The van der Waals surface area contributed by atoms with Gasteiger partial charge in [-0.1, -0.05) is 6.07 Å². The van der Waals surface area contributed by atoms with Gasteiger partial charge in [0.1, 0.15) is 0 Å². The molecule has 128 valence electrons. The van der Waals surface area contributed by atoms with Crippen LogP contribution in [0.3, 0.4) is 0 Å². The number of ether oxygens (including phenoxy) is 1. The molecule has 0 saturated heterocycles. The van der Waals surface area contributed by atoms with Crippen LogP contribution in [0.25, 0.3) is 5.65 Å². The second-order valence-corrected chi connectivity index (χ2v) is 5.69. The number of carbonyl (C=O) groups is 1. The van der Waals surface area contributed by atoms with E-state index in [4.69, 9.17) is 4.74 Å². The van der Waals surface area contributed by atoms with Gasteiger partial charge in [-0.05, 0) is 49.2 Å². The number of pyridine rings is 1. The number of hydrogen-bond donors (Lipinski definition) is 1. The third kappa shape index (κ3) is 3.35. The molecule has 0 radical (unpaired) electrons. The SMILES string of the molecule is COC(=O)Cc1nc2c(O)cccn2c1N=Nc1ccc(C)c(C)c1. The Balaban J connectivity index is 2.07. The second-order valence-electron chi connectivity index (χ2n) is 5.69. The van der Waals surface area contributed by atoms with Crippen molar-refractivity contribution in [2.75, 3.05) is 7.11 Å². The van der Waals surface area contributed by atoms with Crippen LogP contribution in [0.5, 0.6) is 5.75 Å². The lowest BCUT2D eigenvalue weighted by atomic mass is 10.1. The molecule has 1 aromatic carbocycles. The molecule has 3 rings (SSSR count). The average molecular weight is 338 g/mol. The molecule has 0 aliphatic carbocycles. The van der Waals surface area contributed by atoms with E-state index >= 15 is 0 Å². The zero-order valence-electron chi connectivity index (χ0n) is 14.2. The maximum atomic E-state index is 11.6. The molecule has 0 bridgehead atoms. The van der Waals surface area contributed by atoms with Gasteiger partial charge in [-0.15, -0.1) is 10.2 Å². The minimum absolute atomic E-state index is 0.00115. The summed E-state index contributed by atoms with van der Waals surface area (Å²) in [5.41, 5.74) is 3.69. The van der Waals surface area contributed by atoms with Crippen LogP contribution < -0.4 is 0 Å². The van der Waals surface area contributed by atoms with E-state index in [1.54, 1.807) is 16.7 Å². The van der Waals surface area contributed by atoms with Gasteiger partial charge in [0.2, 0.25) is 0 Å². The molecule has 2 heterocycles. The van der Waals surface area contributed by atoms with E-state index in [0.717, 1.165) is 5.56 Å². The first-order valence-electron chi connectivity index (χ1n) is 7.74.